The monoisotopic (exact) mass is 178 g/mol. The average Bonchev–Trinajstić information content (AvgIpc) is 2.14. The molecular weight excluding hydrogens is 164 g/mol. The van der Waals surface area contributed by atoms with E-state index in [1.807, 2.05) is 25.1 Å². The minimum atomic E-state index is 0.0586. The van der Waals surface area contributed by atoms with Crippen LogP contribution in [0.3, 0.4) is 0 Å². The van der Waals surface area contributed by atoms with E-state index < -0.39 is 0 Å². The zero-order valence-corrected chi connectivity index (χ0v) is 8.00. The molecule has 0 spiro atoms. The Morgan fingerprint density at radius 3 is 2.92 bits per heavy atom. The number of hydrogen-bond donors (Lipinski definition) is 1. The Bertz CT molecular complexity index is 297. The molecule has 1 amide bonds. The van der Waals surface area contributed by atoms with Gasteiger partial charge in [-0.1, -0.05) is 6.07 Å². The lowest BCUT2D eigenvalue weighted by atomic mass is 10.2. The molecule has 0 aliphatic heterocycles. The molecule has 70 valence electrons. The van der Waals surface area contributed by atoms with Crippen LogP contribution in [0.4, 0.5) is 0 Å². The Kier molecular flexibility index (Phi) is 3.43. The van der Waals surface area contributed by atoms with E-state index in [4.69, 9.17) is 0 Å². The fourth-order valence-electron chi connectivity index (χ4n) is 1.11. The molecule has 1 N–H and O–H groups in total. The van der Waals surface area contributed by atoms with E-state index in [1.54, 1.807) is 7.05 Å². The lowest BCUT2D eigenvalue weighted by molar-refractivity contribution is -0.120. The Labute approximate surface area is 78.2 Å². The molecule has 0 saturated carbocycles. The highest BCUT2D eigenvalue weighted by molar-refractivity contribution is 5.75. The number of nitrogens with one attached hydrogen (secondary N) is 1. The van der Waals surface area contributed by atoms with Gasteiger partial charge in [0.05, 0.1) is 0 Å². The molecular formula is C10H14N2O. The van der Waals surface area contributed by atoms with Crippen molar-refractivity contribution in [3.63, 3.8) is 0 Å². The van der Waals surface area contributed by atoms with Gasteiger partial charge in [-0.15, -0.1) is 0 Å². The third-order valence-electron chi connectivity index (χ3n) is 1.83. The molecule has 0 aliphatic rings. The molecule has 0 atom stereocenters. The highest BCUT2D eigenvalue weighted by Crippen LogP contribution is 2.01. The lowest BCUT2D eigenvalue weighted by Crippen LogP contribution is -2.18. The van der Waals surface area contributed by atoms with Crippen LogP contribution in [0.2, 0.25) is 0 Å². The van der Waals surface area contributed by atoms with Gasteiger partial charge in [0, 0.05) is 24.9 Å². The lowest BCUT2D eigenvalue weighted by Gasteiger charge is -2.00. The number of pyridine rings is 1. The molecule has 0 aliphatic carbocycles. The molecule has 0 bridgehead atoms. The molecule has 0 fully saturated rings. The number of nitrogens with zero attached hydrogens (tertiary/aromatic N) is 1. The first kappa shape index (κ1) is 9.71. The number of amides is 1. The van der Waals surface area contributed by atoms with E-state index in [0.29, 0.717) is 12.8 Å². The van der Waals surface area contributed by atoms with E-state index in [-0.39, 0.29) is 5.91 Å². The van der Waals surface area contributed by atoms with Crippen molar-refractivity contribution in [2.45, 2.75) is 19.8 Å². The van der Waals surface area contributed by atoms with E-state index in [9.17, 15) is 4.79 Å². The maximum Gasteiger partial charge on any atom is 0.220 e. The highest BCUT2D eigenvalue weighted by Gasteiger charge is 1.99. The molecule has 0 unspecified atom stereocenters. The molecule has 1 aromatic heterocycles. The smallest absolute Gasteiger partial charge is 0.220 e. The highest BCUT2D eigenvalue weighted by atomic mass is 16.1. The molecule has 1 rings (SSSR count). The molecule has 13 heavy (non-hydrogen) atoms. The fraction of sp³-hybridized carbons (Fsp3) is 0.400. The topological polar surface area (TPSA) is 42.0 Å². The summed E-state index contributed by atoms with van der Waals surface area (Å²) >= 11 is 0. The van der Waals surface area contributed by atoms with Crippen LogP contribution in [-0.4, -0.2) is 17.9 Å². The van der Waals surface area contributed by atoms with Crippen molar-refractivity contribution in [3.05, 3.63) is 29.6 Å². The van der Waals surface area contributed by atoms with E-state index in [2.05, 4.69) is 10.3 Å². The molecule has 0 saturated heterocycles. The maximum atomic E-state index is 10.9. The standard InChI is InChI=1S/C10H14N2O/c1-8-4-3-5-9(12-8)6-7-10(13)11-2/h3-5H,6-7H2,1-2H3,(H,11,13). The number of hydrogen-bond acceptors (Lipinski definition) is 2. The predicted octanol–water partition coefficient (Wildman–Crippen LogP) is 1.07. The van der Waals surface area contributed by atoms with Crippen molar-refractivity contribution >= 4 is 5.91 Å². The summed E-state index contributed by atoms with van der Waals surface area (Å²) in [5.74, 6) is 0.0586. The minimum Gasteiger partial charge on any atom is -0.359 e. The van der Waals surface area contributed by atoms with Crippen LogP contribution in [0.15, 0.2) is 18.2 Å². The van der Waals surface area contributed by atoms with E-state index in [0.717, 1.165) is 11.4 Å². The normalized spacial score (nSPS) is 9.69. The van der Waals surface area contributed by atoms with Crippen LogP contribution in [0, 0.1) is 6.92 Å². The summed E-state index contributed by atoms with van der Waals surface area (Å²) in [5, 5.41) is 2.58. The van der Waals surface area contributed by atoms with Crippen LogP contribution in [0.25, 0.3) is 0 Å². The van der Waals surface area contributed by atoms with Crippen molar-refractivity contribution in [3.8, 4) is 0 Å². The fourth-order valence-corrected chi connectivity index (χ4v) is 1.11. The minimum absolute atomic E-state index is 0.0586. The summed E-state index contributed by atoms with van der Waals surface area (Å²) in [4.78, 5) is 15.2. The van der Waals surface area contributed by atoms with Gasteiger partial charge in [-0.3, -0.25) is 9.78 Å². The Morgan fingerprint density at radius 1 is 1.54 bits per heavy atom. The summed E-state index contributed by atoms with van der Waals surface area (Å²) in [6.45, 7) is 1.95. The zero-order valence-electron chi connectivity index (χ0n) is 8.00. The number of aromatic nitrogens is 1. The first-order valence-corrected chi connectivity index (χ1v) is 4.35. The van der Waals surface area contributed by atoms with E-state index >= 15 is 0 Å². The maximum absolute atomic E-state index is 10.9. The summed E-state index contributed by atoms with van der Waals surface area (Å²) in [6, 6.07) is 5.85. The van der Waals surface area contributed by atoms with Crippen LogP contribution < -0.4 is 5.32 Å². The molecule has 1 heterocycles. The molecule has 0 radical (unpaired) electrons. The van der Waals surface area contributed by atoms with Crippen LogP contribution in [0.5, 0.6) is 0 Å². The van der Waals surface area contributed by atoms with Crippen molar-refractivity contribution in [1.29, 1.82) is 0 Å². The summed E-state index contributed by atoms with van der Waals surface area (Å²) in [5.41, 5.74) is 1.97. The van der Waals surface area contributed by atoms with Gasteiger partial charge in [0.25, 0.3) is 0 Å². The average molecular weight is 178 g/mol. The number of carbonyl (C=O) groups is 1. The second kappa shape index (κ2) is 4.60. The quantitative estimate of drug-likeness (QED) is 0.752. The van der Waals surface area contributed by atoms with Gasteiger partial charge in [0.1, 0.15) is 0 Å². The largest absolute Gasteiger partial charge is 0.359 e. The van der Waals surface area contributed by atoms with Crippen molar-refractivity contribution in [2.75, 3.05) is 7.05 Å². The van der Waals surface area contributed by atoms with Crippen molar-refractivity contribution < 1.29 is 4.79 Å². The van der Waals surface area contributed by atoms with Gasteiger partial charge in [-0.25, -0.2) is 0 Å². The van der Waals surface area contributed by atoms with Gasteiger partial charge in [0.2, 0.25) is 5.91 Å². The van der Waals surface area contributed by atoms with Gasteiger partial charge in [-0.2, -0.15) is 0 Å². The second-order valence-electron chi connectivity index (χ2n) is 2.94. The summed E-state index contributed by atoms with van der Waals surface area (Å²) < 4.78 is 0. The molecule has 0 aromatic carbocycles. The number of carbonyl (C=O) groups excluding carboxylic acids is 1. The van der Waals surface area contributed by atoms with Gasteiger partial charge in [0.15, 0.2) is 0 Å². The van der Waals surface area contributed by atoms with Crippen molar-refractivity contribution in [1.82, 2.24) is 10.3 Å². The number of rotatable bonds is 3. The van der Waals surface area contributed by atoms with Gasteiger partial charge in [-0.05, 0) is 25.5 Å². The zero-order chi connectivity index (χ0) is 9.68. The van der Waals surface area contributed by atoms with Crippen molar-refractivity contribution in [2.24, 2.45) is 0 Å². The van der Waals surface area contributed by atoms with Crippen LogP contribution in [0.1, 0.15) is 17.8 Å². The molecule has 1 aromatic rings. The predicted molar refractivity (Wildman–Crippen MR) is 51.4 cm³/mol. The third kappa shape index (κ3) is 3.23. The second-order valence-corrected chi connectivity index (χ2v) is 2.94. The Balaban J connectivity index is 2.50. The SMILES string of the molecule is CNC(=O)CCc1cccc(C)n1. The first-order valence-electron chi connectivity index (χ1n) is 4.35. The Morgan fingerprint density at radius 2 is 2.31 bits per heavy atom. The summed E-state index contributed by atoms with van der Waals surface area (Å²) in [6.07, 6.45) is 1.22. The van der Waals surface area contributed by atoms with Crippen LogP contribution >= 0.6 is 0 Å². The summed E-state index contributed by atoms with van der Waals surface area (Å²) in [7, 11) is 1.64. The van der Waals surface area contributed by atoms with Gasteiger partial charge < -0.3 is 5.32 Å². The third-order valence-corrected chi connectivity index (χ3v) is 1.83. The van der Waals surface area contributed by atoms with E-state index in [1.165, 1.54) is 0 Å². The van der Waals surface area contributed by atoms with Crippen LogP contribution in [-0.2, 0) is 11.2 Å². The molecule has 3 heteroatoms. The van der Waals surface area contributed by atoms with Gasteiger partial charge >= 0.3 is 0 Å². The number of aryl methyl sites for hydroxylation is 2. The molecule has 3 nitrogen and oxygen atoms in total. The Hall–Kier alpha value is -1.38. The first-order chi connectivity index (χ1) is 6.22.